The molecule has 116 valence electrons. The van der Waals surface area contributed by atoms with Crippen LogP contribution in [0.15, 0.2) is 60.7 Å². The zero-order valence-electron chi connectivity index (χ0n) is 12.4. The molecular formula is C18H14ClNO2S. The average Bonchev–Trinajstić information content (AvgIpc) is 3.01. The Hall–Kier alpha value is -2.30. The molecule has 0 aliphatic heterocycles. The number of thiophene rings is 1. The van der Waals surface area contributed by atoms with E-state index in [0.29, 0.717) is 10.6 Å². The number of anilines is 2. The van der Waals surface area contributed by atoms with Gasteiger partial charge in [0.25, 0.3) is 0 Å². The predicted octanol–water partition coefficient (Wildman–Crippen LogP) is 5.60. The zero-order chi connectivity index (χ0) is 16.2. The van der Waals surface area contributed by atoms with Crippen molar-refractivity contribution in [1.29, 1.82) is 0 Å². The molecule has 0 saturated heterocycles. The van der Waals surface area contributed by atoms with Gasteiger partial charge in [0.2, 0.25) is 0 Å². The molecule has 0 aliphatic rings. The van der Waals surface area contributed by atoms with Crippen molar-refractivity contribution >= 4 is 39.6 Å². The Balaban J connectivity index is 1.97. The summed E-state index contributed by atoms with van der Waals surface area (Å²) in [6.45, 7) is 0. The lowest BCUT2D eigenvalue weighted by atomic mass is 10.1. The third-order valence-corrected chi connectivity index (χ3v) is 4.64. The van der Waals surface area contributed by atoms with Gasteiger partial charge in [-0.2, -0.15) is 0 Å². The Morgan fingerprint density at radius 3 is 2.43 bits per heavy atom. The molecule has 0 unspecified atom stereocenters. The second-order valence-corrected chi connectivity index (χ2v) is 6.33. The van der Waals surface area contributed by atoms with Crippen molar-refractivity contribution in [2.75, 3.05) is 12.4 Å². The zero-order valence-corrected chi connectivity index (χ0v) is 13.9. The average molecular weight is 344 g/mol. The predicted molar refractivity (Wildman–Crippen MR) is 95.8 cm³/mol. The van der Waals surface area contributed by atoms with E-state index in [2.05, 4.69) is 5.32 Å². The summed E-state index contributed by atoms with van der Waals surface area (Å²) in [5.74, 6) is -0.343. The molecule has 1 aromatic heterocycles. The van der Waals surface area contributed by atoms with E-state index in [1.807, 2.05) is 60.7 Å². The van der Waals surface area contributed by atoms with Gasteiger partial charge in [-0.3, -0.25) is 0 Å². The van der Waals surface area contributed by atoms with Crippen LogP contribution in [0.5, 0.6) is 0 Å². The molecule has 0 aliphatic carbocycles. The summed E-state index contributed by atoms with van der Waals surface area (Å²) in [6, 6.07) is 19.0. The first kappa shape index (κ1) is 15.6. The van der Waals surface area contributed by atoms with Crippen LogP contribution in [-0.4, -0.2) is 13.1 Å². The summed E-state index contributed by atoms with van der Waals surface area (Å²) < 4.78 is 4.90. The Kier molecular flexibility index (Phi) is 4.65. The third kappa shape index (κ3) is 3.55. The summed E-state index contributed by atoms with van der Waals surface area (Å²) in [5.41, 5.74) is 2.45. The molecule has 2 aromatic carbocycles. The third-order valence-electron chi connectivity index (χ3n) is 3.29. The lowest BCUT2D eigenvalue weighted by molar-refractivity contribution is 0.0602. The van der Waals surface area contributed by atoms with Gasteiger partial charge in [0.1, 0.15) is 0 Å². The highest BCUT2D eigenvalue weighted by Gasteiger charge is 2.18. The maximum Gasteiger partial charge on any atom is 0.339 e. The summed E-state index contributed by atoms with van der Waals surface area (Å²) >= 11 is 7.41. The molecule has 3 aromatic rings. The second-order valence-electron chi connectivity index (χ2n) is 4.84. The summed E-state index contributed by atoms with van der Waals surface area (Å²) in [7, 11) is 1.39. The number of hydrogen-bond acceptors (Lipinski definition) is 4. The maximum atomic E-state index is 12.1. The fourth-order valence-electron chi connectivity index (χ4n) is 2.19. The number of rotatable bonds is 4. The van der Waals surface area contributed by atoms with Gasteiger partial charge in [0.05, 0.1) is 22.6 Å². The molecule has 1 heterocycles. The van der Waals surface area contributed by atoms with Crippen molar-refractivity contribution < 1.29 is 9.53 Å². The van der Waals surface area contributed by atoms with Crippen LogP contribution >= 0.6 is 22.9 Å². The monoisotopic (exact) mass is 343 g/mol. The Labute approximate surface area is 143 Å². The van der Waals surface area contributed by atoms with E-state index in [0.717, 1.165) is 21.1 Å². The molecule has 5 heteroatoms. The number of ether oxygens (including phenoxy) is 1. The number of nitrogens with one attached hydrogen (secondary N) is 1. The maximum absolute atomic E-state index is 12.1. The largest absolute Gasteiger partial charge is 0.465 e. The number of benzene rings is 2. The Bertz CT molecular complexity index is 813. The van der Waals surface area contributed by atoms with E-state index in [1.165, 1.54) is 18.4 Å². The van der Waals surface area contributed by atoms with Crippen LogP contribution in [-0.2, 0) is 4.74 Å². The van der Waals surface area contributed by atoms with E-state index in [9.17, 15) is 4.79 Å². The molecular weight excluding hydrogens is 330 g/mol. The van der Waals surface area contributed by atoms with Crippen molar-refractivity contribution in [3.8, 4) is 10.4 Å². The van der Waals surface area contributed by atoms with Gasteiger partial charge in [-0.25, -0.2) is 4.79 Å². The SMILES string of the molecule is COC(=O)c1cc(Nc2ccc(Cl)cc2)sc1-c1ccccc1. The van der Waals surface area contributed by atoms with Crippen LogP contribution in [0, 0.1) is 0 Å². The van der Waals surface area contributed by atoms with Gasteiger partial charge in [-0.05, 0) is 35.9 Å². The fourth-order valence-corrected chi connectivity index (χ4v) is 3.39. The number of carbonyl (C=O) groups is 1. The van der Waals surface area contributed by atoms with Crippen molar-refractivity contribution in [3.63, 3.8) is 0 Å². The smallest absolute Gasteiger partial charge is 0.339 e. The van der Waals surface area contributed by atoms with E-state index in [4.69, 9.17) is 16.3 Å². The van der Waals surface area contributed by atoms with Gasteiger partial charge in [-0.1, -0.05) is 41.9 Å². The molecule has 3 rings (SSSR count). The Morgan fingerprint density at radius 1 is 1.09 bits per heavy atom. The second kappa shape index (κ2) is 6.86. The van der Waals surface area contributed by atoms with Crippen LogP contribution in [0.1, 0.15) is 10.4 Å². The quantitative estimate of drug-likeness (QED) is 0.627. The Morgan fingerprint density at radius 2 is 1.78 bits per heavy atom. The molecule has 23 heavy (non-hydrogen) atoms. The van der Waals surface area contributed by atoms with Crippen LogP contribution in [0.2, 0.25) is 5.02 Å². The highest BCUT2D eigenvalue weighted by Crippen LogP contribution is 2.37. The molecule has 0 bridgehead atoms. The van der Waals surface area contributed by atoms with Crippen molar-refractivity contribution in [3.05, 3.63) is 71.2 Å². The van der Waals surface area contributed by atoms with Gasteiger partial charge in [-0.15, -0.1) is 11.3 Å². The fraction of sp³-hybridized carbons (Fsp3) is 0.0556. The minimum Gasteiger partial charge on any atom is -0.465 e. The van der Waals surface area contributed by atoms with Crippen LogP contribution in [0.4, 0.5) is 10.7 Å². The van der Waals surface area contributed by atoms with Crippen molar-refractivity contribution in [2.24, 2.45) is 0 Å². The highest BCUT2D eigenvalue weighted by molar-refractivity contribution is 7.19. The number of halogens is 1. The van der Waals surface area contributed by atoms with Gasteiger partial charge in [0.15, 0.2) is 0 Å². The van der Waals surface area contributed by atoms with E-state index in [-0.39, 0.29) is 5.97 Å². The minimum atomic E-state index is -0.343. The number of methoxy groups -OCH3 is 1. The lowest BCUT2D eigenvalue weighted by Gasteiger charge is -2.02. The molecule has 0 spiro atoms. The standard InChI is InChI=1S/C18H14ClNO2S/c1-22-18(21)15-11-16(20-14-9-7-13(19)8-10-14)23-17(15)12-5-3-2-4-6-12/h2-11,20H,1H3. The topological polar surface area (TPSA) is 38.3 Å². The molecule has 0 amide bonds. The van der Waals surface area contributed by atoms with Crippen LogP contribution in [0.3, 0.4) is 0 Å². The van der Waals surface area contributed by atoms with Crippen molar-refractivity contribution in [2.45, 2.75) is 0 Å². The van der Waals surface area contributed by atoms with E-state index < -0.39 is 0 Å². The molecule has 3 nitrogen and oxygen atoms in total. The first-order valence-electron chi connectivity index (χ1n) is 6.97. The summed E-state index contributed by atoms with van der Waals surface area (Å²) in [6.07, 6.45) is 0. The van der Waals surface area contributed by atoms with Crippen LogP contribution in [0.25, 0.3) is 10.4 Å². The normalized spacial score (nSPS) is 10.3. The molecule has 0 fully saturated rings. The molecule has 0 saturated carbocycles. The van der Waals surface area contributed by atoms with Gasteiger partial charge in [0, 0.05) is 10.7 Å². The molecule has 0 radical (unpaired) electrons. The number of carbonyl (C=O) groups excluding carboxylic acids is 1. The summed E-state index contributed by atoms with van der Waals surface area (Å²) in [5, 5.41) is 4.84. The highest BCUT2D eigenvalue weighted by atomic mass is 35.5. The summed E-state index contributed by atoms with van der Waals surface area (Å²) in [4.78, 5) is 12.9. The van der Waals surface area contributed by atoms with Crippen molar-refractivity contribution in [1.82, 2.24) is 0 Å². The first-order valence-corrected chi connectivity index (χ1v) is 8.17. The van der Waals surface area contributed by atoms with Crippen LogP contribution < -0.4 is 5.32 Å². The molecule has 1 N–H and O–H groups in total. The number of esters is 1. The van der Waals surface area contributed by atoms with E-state index in [1.54, 1.807) is 0 Å². The first-order chi connectivity index (χ1) is 11.2. The van der Waals surface area contributed by atoms with Gasteiger partial charge >= 0.3 is 5.97 Å². The number of hydrogen-bond donors (Lipinski definition) is 1. The van der Waals surface area contributed by atoms with Gasteiger partial charge < -0.3 is 10.1 Å². The molecule has 0 atom stereocenters. The minimum absolute atomic E-state index is 0.343. The van der Waals surface area contributed by atoms with E-state index >= 15 is 0 Å². The lowest BCUT2D eigenvalue weighted by Crippen LogP contribution is -2.00.